The number of rotatable bonds is 6. The molecule has 0 spiro atoms. The fourth-order valence-electron chi connectivity index (χ4n) is 2.35. The first-order chi connectivity index (χ1) is 11.4. The Bertz CT molecular complexity index is 600. The Hall–Kier alpha value is -1.63. The van der Waals surface area contributed by atoms with E-state index in [4.69, 9.17) is 21.1 Å². The van der Waals surface area contributed by atoms with E-state index in [1.807, 2.05) is 0 Å². The van der Waals surface area contributed by atoms with Gasteiger partial charge in [0.2, 0.25) is 0 Å². The van der Waals surface area contributed by atoms with Gasteiger partial charge in [-0.25, -0.2) is 0 Å². The lowest BCUT2D eigenvalue weighted by Crippen LogP contribution is -2.30. The number of halogens is 1. The Labute approximate surface area is 147 Å². The van der Waals surface area contributed by atoms with Crippen LogP contribution in [-0.2, 0) is 14.3 Å². The van der Waals surface area contributed by atoms with Crippen LogP contribution >= 0.6 is 11.6 Å². The standard InChI is InChI=1S/C17H23ClN2O4/c1-11(24-10-13-5-4-8-23-13)16(21)19-12-6-7-15(18)14(9-12)17(22)20(2)3/h6-7,9,11,13H,4-5,8,10H2,1-3H3,(H,19,21). The molecular weight excluding hydrogens is 332 g/mol. The number of carbonyl (C=O) groups excluding carboxylic acids is 2. The molecule has 2 amide bonds. The van der Waals surface area contributed by atoms with E-state index in [1.54, 1.807) is 39.2 Å². The molecule has 1 aliphatic heterocycles. The predicted octanol–water partition coefficient (Wildman–Crippen LogP) is 2.56. The Morgan fingerprint density at radius 2 is 2.21 bits per heavy atom. The van der Waals surface area contributed by atoms with Gasteiger partial charge in [-0.2, -0.15) is 0 Å². The van der Waals surface area contributed by atoms with Gasteiger partial charge in [0.15, 0.2) is 0 Å². The molecular formula is C17H23ClN2O4. The monoisotopic (exact) mass is 354 g/mol. The minimum Gasteiger partial charge on any atom is -0.376 e. The zero-order valence-electron chi connectivity index (χ0n) is 14.2. The second-order valence-electron chi connectivity index (χ2n) is 5.99. The second-order valence-corrected chi connectivity index (χ2v) is 6.40. The van der Waals surface area contributed by atoms with Gasteiger partial charge in [-0.3, -0.25) is 9.59 Å². The van der Waals surface area contributed by atoms with Gasteiger partial charge in [-0.05, 0) is 38.0 Å². The third-order valence-corrected chi connectivity index (χ3v) is 4.13. The number of hydrogen-bond acceptors (Lipinski definition) is 4. The molecule has 1 aliphatic rings. The molecule has 0 bridgehead atoms. The molecule has 0 aromatic heterocycles. The van der Waals surface area contributed by atoms with Crippen LogP contribution in [0, 0.1) is 0 Å². The SMILES string of the molecule is CC(OCC1CCCO1)C(=O)Nc1ccc(Cl)c(C(=O)N(C)C)c1. The number of ether oxygens (including phenoxy) is 2. The van der Waals surface area contributed by atoms with E-state index >= 15 is 0 Å². The first-order valence-electron chi connectivity index (χ1n) is 7.93. The lowest BCUT2D eigenvalue weighted by Gasteiger charge is -2.17. The van der Waals surface area contributed by atoms with E-state index in [0.29, 0.717) is 22.9 Å². The van der Waals surface area contributed by atoms with E-state index in [9.17, 15) is 9.59 Å². The van der Waals surface area contributed by atoms with Gasteiger partial charge in [-0.15, -0.1) is 0 Å². The highest BCUT2D eigenvalue weighted by atomic mass is 35.5. The molecule has 2 atom stereocenters. The van der Waals surface area contributed by atoms with Crippen LogP contribution in [0.5, 0.6) is 0 Å². The Morgan fingerprint density at radius 1 is 1.46 bits per heavy atom. The van der Waals surface area contributed by atoms with Crippen LogP contribution in [-0.4, -0.2) is 56.2 Å². The van der Waals surface area contributed by atoms with Crippen molar-refractivity contribution >= 4 is 29.1 Å². The smallest absolute Gasteiger partial charge is 0.254 e. The first-order valence-corrected chi connectivity index (χ1v) is 8.31. The number of hydrogen-bond donors (Lipinski definition) is 1. The lowest BCUT2D eigenvalue weighted by molar-refractivity contribution is -0.128. The van der Waals surface area contributed by atoms with E-state index in [2.05, 4.69) is 5.32 Å². The van der Waals surface area contributed by atoms with E-state index in [-0.39, 0.29) is 17.9 Å². The largest absolute Gasteiger partial charge is 0.376 e. The highest BCUT2D eigenvalue weighted by Gasteiger charge is 2.20. The van der Waals surface area contributed by atoms with Crippen molar-refractivity contribution in [1.29, 1.82) is 0 Å². The first kappa shape index (κ1) is 18.7. The molecule has 2 rings (SSSR count). The average Bonchev–Trinajstić information content (AvgIpc) is 3.07. The van der Waals surface area contributed by atoms with Gasteiger partial charge in [-0.1, -0.05) is 11.6 Å². The van der Waals surface area contributed by atoms with Crippen molar-refractivity contribution in [2.45, 2.75) is 32.0 Å². The molecule has 1 saturated heterocycles. The fraction of sp³-hybridized carbons (Fsp3) is 0.529. The number of nitrogens with one attached hydrogen (secondary N) is 1. The molecule has 1 aromatic rings. The van der Waals surface area contributed by atoms with Gasteiger partial charge in [0.25, 0.3) is 11.8 Å². The third-order valence-electron chi connectivity index (χ3n) is 3.80. The van der Waals surface area contributed by atoms with Gasteiger partial charge in [0.05, 0.1) is 23.3 Å². The molecule has 1 heterocycles. The van der Waals surface area contributed by atoms with E-state index < -0.39 is 6.10 Å². The summed E-state index contributed by atoms with van der Waals surface area (Å²) in [5, 5.41) is 3.09. The normalized spacial score (nSPS) is 18.2. The second kappa shape index (κ2) is 8.46. The molecule has 1 fully saturated rings. The summed E-state index contributed by atoms with van der Waals surface area (Å²) in [6.45, 7) is 2.84. The number of benzene rings is 1. The minimum absolute atomic E-state index is 0.0695. The van der Waals surface area contributed by atoms with Crippen molar-refractivity contribution in [2.24, 2.45) is 0 Å². The molecule has 24 heavy (non-hydrogen) atoms. The summed E-state index contributed by atoms with van der Waals surface area (Å²) in [6.07, 6.45) is 1.45. The van der Waals surface area contributed by atoms with Crippen molar-refractivity contribution < 1.29 is 19.1 Å². The van der Waals surface area contributed by atoms with Gasteiger partial charge < -0.3 is 19.7 Å². The quantitative estimate of drug-likeness (QED) is 0.852. The van der Waals surface area contributed by atoms with Crippen LogP contribution < -0.4 is 5.32 Å². The van der Waals surface area contributed by atoms with Gasteiger partial charge in [0.1, 0.15) is 6.10 Å². The maximum atomic E-state index is 12.2. The summed E-state index contributed by atoms with van der Waals surface area (Å²) < 4.78 is 11.0. The molecule has 1 aromatic carbocycles. The van der Waals surface area contributed by atoms with Crippen molar-refractivity contribution in [2.75, 3.05) is 32.6 Å². The van der Waals surface area contributed by atoms with Crippen molar-refractivity contribution in [1.82, 2.24) is 4.90 Å². The van der Waals surface area contributed by atoms with Gasteiger partial charge >= 0.3 is 0 Å². The molecule has 7 heteroatoms. The molecule has 0 aliphatic carbocycles. The van der Waals surface area contributed by atoms with Crippen molar-refractivity contribution in [3.63, 3.8) is 0 Å². The molecule has 0 saturated carbocycles. The topological polar surface area (TPSA) is 67.9 Å². The summed E-state index contributed by atoms with van der Waals surface area (Å²) >= 11 is 6.06. The number of carbonyl (C=O) groups is 2. The maximum Gasteiger partial charge on any atom is 0.254 e. The van der Waals surface area contributed by atoms with Gasteiger partial charge in [0, 0.05) is 26.4 Å². The number of anilines is 1. The van der Waals surface area contributed by atoms with Crippen LogP contribution in [0.4, 0.5) is 5.69 Å². The molecule has 0 radical (unpaired) electrons. The lowest BCUT2D eigenvalue weighted by atomic mass is 10.1. The Balaban J connectivity index is 1.95. The highest BCUT2D eigenvalue weighted by Crippen LogP contribution is 2.22. The Morgan fingerprint density at radius 3 is 2.83 bits per heavy atom. The number of nitrogens with zero attached hydrogens (tertiary/aromatic N) is 1. The summed E-state index contributed by atoms with van der Waals surface area (Å²) in [7, 11) is 3.29. The van der Waals surface area contributed by atoms with Crippen LogP contribution in [0.3, 0.4) is 0 Å². The van der Waals surface area contributed by atoms with Crippen LogP contribution in [0.25, 0.3) is 0 Å². The molecule has 1 N–H and O–H groups in total. The fourth-order valence-corrected chi connectivity index (χ4v) is 2.55. The molecule has 132 valence electrons. The zero-order valence-corrected chi connectivity index (χ0v) is 14.9. The van der Waals surface area contributed by atoms with E-state index in [1.165, 1.54) is 4.90 Å². The summed E-state index contributed by atoms with van der Waals surface area (Å²) in [5.74, 6) is -0.502. The minimum atomic E-state index is -0.613. The zero-order chi connectivity index (χ0) is 17.7. The third kappa shape index (κ3) is 4.93. The van der Waals surface area contributed by atoms with Crippen LogP contribution in [0.15, 0.2) is 18.2 Å². The average molecular weight is 355 g/mol. The summed E-state index contributed by atoms with van der Waals surface area (Å²) in [4.78, 5) is 25.7. The molecule has 2 unspecified atom stereocenters. The summed E-state index contributed by atoms with van der Waals surface area (Å²) in [5.41, 5.74) is 0.842. The highest BCUT2D eigenvalue weighted by molar-refractivity contribution is 6.34. The molecule has 6 nitrogen and oxygen atoms in total. The number of amides is 2. The van der Waals surface area contributed by atoms with Crippen molar-refractivity contribution in [3.8, 4) is 0 Å². The maximum absolute atomic E-state index is 12.2. The van der Waals surface area contributed by atoms with E-state index in [0.717, 1.165) is 19.4 Å². The Kier molecular flexibility index (Phi) is 6.60. The predicted molar refractivity (Wildman–Crippen MR) is 92.5 cm³/mol. The van der Waals surface area contributed by atoms with Crippen LogP contribution in [0.1, 0.15) is 30.1 Å². The van der Waals surface area contributed by atoms with Crippen molar-refractivity contribution in [3.05, 3.63) is 28.8 Å². The summed E-state index contributed by atoms with van der Waals surface area (Å²) in [6, 6.07) is 4.81. The van der Waals surface area contributed by atoms with Crippen LogP contribution in [0.2, 0.25) is 5.02 Å².